The Balaban J connectivity index is 2.73. The molecule has 6 heteroatoms. The van der Waals surface area contributed by atoms with Gasteiger partial charge in [0, 0.05) is 23.1 Å². The van der Waals surface area contributed by atoms with Gasteiger partial charge in [-0.15, -0.1) is 0 Å². The lowest BCUT2D eigenvalue weighted by atomic mass is 10.2. The molecule has 0 aliphatic carbocycles. The Kier molecular flexibility index (Phi) is 6.12. The number of nitriles is 1. The van der Waals surface area contributed by atoms with Crippen molar-refractivity contribution in [1.82, 2.24) is 4.90 Å². The van der Waals surface area contributed by atoms with E-state index in [0.29, 0.717) is 15.8 Å². The van der Waals surface area contributed by atoms with Crippen molar-refractivity contribution >= 4 is 29.1 Å². The number of amides is 1. The van der Waals surface area contributed by atoms with Crippen LogP contribution in [0.25, 0.3) is 0 Å². The third kappa shape index (κ3) is 4.59. The molecular weight excluding hydrogens is 299 g/mol. The molecule has 2 atom stereocenters. The first-order valence-corrected chi connectivity index (χ1v) is 6.87. The number of likely N-dealkylation sites (N-methyl/N-ethyl adjacent to an activating group) is 1. The molecule has 0 bridgehead atoms. The summed E-state index contributed by atoms with van der Waals surface area (Å²) >= 11 is 11.7. The minimum Gasteiger partial charge on any atom is -0.481 e. The molecule has 0 aromatic heterocycles. The molecule has 0 heterocycles. The second-order valence-corrected chi connectivity index (χ2v) is 5.40. The third-order valence-corrected chi connectivity index (χ3v) is 3.33. The Bertz CT molecular complexity index is 508. The maximum absolute atomic E-state index is 12.2. The fraction of sp³-hybridized carbons (Fsp3) is 0.429. The van der Waals surface area contributed by atoms with Crippen LogP contribution in [0.5, 0.6) is 5.75 Å². The Hall–Kier alpha value is -1.44. The van der Waals surface area contributed by atoms with E-state index in [-0.39, 0.29) is 18.4 Å². The normalized spacial score (nSPS) is 13.2. The van der Waals surface area contributed by atoms with Crippen LogP contribution in [0, 0.1) is 11.3 Å². The van der Waals surface area contributed by atoms with Crippen LogP contribution in [0.2, 0.25) is 10.0 Å². The van der Waals surface area contributed by atoms with Crippen molar-refractivity contribution in [3.05, 3.63) is 28.2 Å². The number of rotatable bonds is 5. The zero-order valence-electron chi connectivity index (χ0n) is 11.6. The number of ether oxygens (including phenoxy) is 1. The molecule has 0 spiro atoms. The highest BCUT2D eigenvalue weighted by Crippen LogP contribution is 2.25. The van der Waals surface area contributed by atoms with Crippen molar-refractivity contribution in [3.63, 3.8) is 0 Å². The van der Waals surface area contributed by atoms with Crippen LogP contribution in [-0.4, -0.2) is 30.0 Å². The fourth-order valence-electron chi connectivity index (χ4n) is 1.62. The maximum Gasteiger partial charge on any atom is 0.263 e. The van der Waals surface area contributed by atoms with Gasteiger partial charge >= 0.3 is 0 Å². The number of hydrogen-bond acceptors (Lipinski definition) is 3. The quantitative estimate of drug-likeness (QED) is 0.835. The molecule has 108 valence electrons. The smallest absolute Gasteiger partial charge is 0.263 e. The van der Waals surface area contributed by atoms with Crippen molar-refractivity contribution < 1.29 is 9.53 Å². The number of halogens is 2. The molecule has 0 N–H and O–H groups in total. The standard InChI is InChI=1S/C14H16Cl2N2O2/c1-9(4-5-17)18(3)14(19)10(2)20-13-7-11(15)6-12(16)8-13/h6-10H,4H2,1-3H3. The zero-order chi connectivity index (χ0) is 15.3. The van der Waals surface area contributed by atoms with Crippen LogP contribution in [0.4, 0.5) is 0 Å². The van der Waals surface area contributed by atoms with Gasteiger partial charge in [0.1, 0.15) is 5.75 Å². The molecule has 1 aromatic carbocycles. The minimum absolute atomic E-state index is 0.165. The van der Waals surface area contributed by atoms with E-state index in [4.69, 9.17) is 33.2 Å². The van der Waals surface area contributed by atoms with Crippen LogP contribution in [0.1, 0.15) is 20.3 Å². The van der Waals surface area contributed by atoms with Gasteiger partial charge in [0.15, 0.2) is 6.10 Å². The molecule has 0 fully saturated rings. The lowest BCUT2D eigenvalue weighted by molar-refractivity contribution is -0.138. The van der Waals surface area contributed by atoms with E-state index in [1.54, 1.807) is 32.2 Å². The molecule has 0 saturated carbocycles. The maximum atomic E-state index is 12.2. The summed E-state index contributed by atoms with van der Waals surface area (Å²) in [5.41, 5.74) is 0. The topological polar surface area (TPSA) is 53.3 Å². The fourth-order valence-corrected chi connectivity index (χ4v) is 2.13. The van der Waals surface area contributed by atoms with E-state index < -0.39 is 6.10 Å². The summed E-state index contributed by atoms with van der Waals surface area (Å²) in [7, 11) is 1.65. The molecule has 1 rings (SSSR count). The van der Waals surface area contributed by atoms with Crippen LogP contribution < -0.4 is 4.74 Å². The molecular formula is C14H16Cl2N2O2. The molecule has 2 unspecified atom stereocenters. The summed E-state index contributed by atoms with van der Waals surface area (Å²) in [6, 6.07) is 6.65. The second kappa shape index (κ2) is 7.37. The SMILES string of the molecule is CC(Oc1cc(Cl)cc(Cl)c1)C(=O)N(C)C(C)CC#N. The van der Waals surface area contributed by atoms with Gasteiger partial charge in [-0.25, -0.2) is 0 Å². The van der Waals surface area contributed by atoms with Gasteiger partial charge < -0.3 is 9.64 Å². The molecule has 1 amide bonds. The lowest BCUT2D eigenvalue weighted by Gasteiger charge is -2.26. The Morgan fingerprint density at radius 3 is 2.40 bits per heavy atom. The van der Waals surface area contributed by atoms with Crippen molar-refractivity contribution in [2.75, 3.05) is 7.05 Å². The van der Waals surface area contributed by atoms with E-state index in [1.807, 2.05) is 13.0 Å². The van der Waals surface area contributed by atoms with Crippen molar-refractivity contribution in [3.8, 4) is 11.8 Å². The van der Waals surface area contributed by atoms with E-state index in [2.05, 4.69) is 0 Å². The number of benzene rings is 1. The molecule has 0 aliphatic rings. The van der Waals surface area contributed by atoms with Crippen molar-refractivity contribution in [1.29, 1.82) is 5.26 Å². The van der Waals surface area contributed by atoms with Crippen LogP contribution in [0.15, 0.2) is 18.2 Å². The summed E-state index contributed by atoms with van der Waals surface area (Å²) in [5.74, 6) is 0.230. The zero-order valence-corrected chi connectivity index (χ0v) is 13.1. The molecule has 20 heavy (non-hydrogen) atoms. The van der Waals surface area contributed by atoms with Crippen LogP contribution in [-0.2, 0) is 4.79 Å². The lowest BCUT2D eigenvalue weighted by Crippen LogP contribution is -2.42. The van der Waals surface area contributed by atoms with Gasteiger partial charge in [0.05, 0.1) is 12.5 Å². The molecule has 4 nitrogen and oxygen atoms in total. The van der Waals surface area contributed by atoms with E-state index in [9.17, 15) is 4.79 Å². The summed E-state index contributed by atoms with van der Waals surface area (Å²) in [6.07, 6.45) is -0.409. The first kappa shape index (κ1) is 16.6. The van der Waals surface area contributed by atoms with Gasteiger partial charge in [0.2, 0.25) is 0 Å². The molecule has 1 aromatic rings. The Morgan fingerprint density at radius 2 is 1.90 bits per heavy atom. The summed E-state index contributed by atoms with van der Waals surface area (Å²) in [6.45, 7) is 3.46. The highest BCUT2D eigenvalue weighted by atomic mass is 35.5. The average molecular weight is 315 g/mol. The Labute approximate surface area is 128 Å². The van der Waals surface area contributed by atoms with Gasteiger partial charge in [-0.05, 0) is 32.0 Å². The first-order chi connectivity index (χ1) is 9.35. The molecule has 0 saturated heterocycles. The number of carbonyl (C=O) groups excluding carboxylic acids is 1. The average Bonchev–Trinajstić information content (AvgIpc) is 2.35. The minimum atomic E-state index is -0.685. The number of nitrogens with zero attached hydrogens (tertiary/aromatic N) is 2. The summed E-state index contributed by atoms with van der Waals surface area (Å²) in [4.78, 5) is 13.7. The van der Waals surface area contributed by atoms with E-state index in [0.717, 1.165) is 0 Å². The summed E-state index contributed by atoms with van der Waals surface area (Å²) < 4.78 is 5.54. The Morgan fingerprint density at radius 1 is 1.35 bits per heavy atom. The highest BCUT2D eigenvalue weighted by Gasteiger charge is 2.23. The second-order valence-electron chi connectivity index (χ2n) is 4.53. The highest BCUT2D eigenvalue weighted by molar-refractivity contribution is 6.34. The largest absolute Gasteiger partial charge is 0.481 e. The van der Waals surface area contributed by atoms with E-state index >= 15 is 0 Å². The molecule has 0 aliphatic heterocycles. The monoisotopic (exact) mass is 314 g/mol. The van der Waals surface area contributed by atoms with E-state index in [1.165, 1.54) is 4.90 Å². The van der Waals surface area contributed by atoms with Gasteiger partial charge in [0.25, 0.3) is 5.91 Å². The third-order valence-electron chi connectivity index (χ3n) is 2.89. The van der Waals surface area contributed by atoms with Crippen LogP contribution >= 0.6 is 23.2 Å². The van der Waals surface area contributed by atoms with Gasteiger partial charge in [-0.3, -0.25) is 4.79 Å². The first-order valence-electron chi connectivity index (χ1n) is 6.11. The van der Waals surface area contributed by atoms with Gasteiger partial charge in [-0.1, -0.05) is 23.2 Å². The number of hydrogen-bond donors (Lipinski definition) is 0. The van der Waals surface area contributed by atoms with Crippen LogP contribution in [0.3, 0.4) is 0 Å². The number of carbonyl (C=O) groups is 1. The summed E-state index contributed by atoms with van der Waals surface area (Å²) in [5, 5.41) is 9.54. The van der Waals surface area contributed by atoms with Gasteiger partial charge in [-0.2, -0.15) is 5.26 Å². The molecule has 0 radical (unpaired) electrons. The van der Waals surface area contributed by atoms with Crippen molar-refractivity contribution in [2.45, 2.75) is 32.4 Å². The predicted molar refractivity (Wildman–Crippen MR) is 79.0 cm³/mol. The predicted octanol–water partition coefficient (Wildman–Crippen LogP) is 3.52. The van der Waals surface area contributed by atoms with Crippen molar-refractivity contribution in [2.24, 2.45) is 0 Å².